The molecule has 94 valence electrons. The monoisotopic (exact) mass is 238 g/mol. The van der Waals surface area contributed by atoms with Crippen molar-refractivity contribution in [3.8, 4) is 0 Å². The number of esters is 1. The molecule has 0 saturated heterocycles. The molecule has 0 radical (unpaired) electrons. The molecule has 4 nitrogen and oxygen atoms in total. The lowest BCUT2D eigenvalue weighted by atomic mass is 9.91. The van der Waals surface area contributed by atoms with Gasteiger partial charge in [0.15, 0.2) is 0 Å². The molecule has 4 heteroatoms. The smallest absolute Gasteiger partial charge is 0.306 e. The summed E-state index contributed by atoms with van der Waals surface area (Å²) in [6.45, 7) is 0. The average Bonchev–Trinajstić information content (AvgIpc) is 2.59. The van der Waals surface area contributed by atoms with Gasteiger partial charge in [-0.2, -0.15) is 0 Å². The van der Waals surface area contributed by atoms with Crippen LogP contribution >= 0.6 is 0 Å². The second-order valence-electron chi connectivity index (χ2n) is 4.81. The molecule has 0 unspecified atom stereocenters. The normalized spacial score (nSPS) is 40.2. The highest BCUT2D eigenvalue weighted by Gasteiger charge is 2.43. The molecule has 0 aromatic rings. The van der Waals surface area contributed by atoms with Crippen LogP contribution in [0.4, 0.5) is 0 Å². The van der Waals surface area contributed by atoms with E-state index < -0.39 is 12.0 Å². The molecule has 0 bridgehead atoms. The van der Waals surface area contributed by atoms with Gasteiger partial charge < -0.3 is 14.6 Å². The number of aldehydes is 1. The Morgan fingerprint density at radius 2 is 2.24 bits per heavy atom. The molecule has 2 rings (SSSR count). The zero-order valence-electron chi connectivity index (χ0n) is 9.75. The zero-order valence-corrected chi connectivity index (χ0v) is 9.75. The molecule has 17 heavy (non-hydrogen) atoms. The predicted molar refractivity (Wildman–Crippen MR) is 61.2 cm³/mol. The van der Waals surface area contributed by atoms with Crippen molar-refractivity contribution in [2.45, 2.75) is 44.3 Å². The van der Waals surface area contributed by atoms with Gasteiger partial charge >= 0.3 is 5.97 Å². The summed E-state index contributed by atoms with van der Waals surface area (Å²) in [7, 11) is 0. The quantitative estimate of drug-likeness (QED) is 0.424. The Kier molecular flexibility index (Phi) is 3.94. The van der Waals surface area contributed by atoms with Crippen LogP contribution in [0.3, 0.4) is 0 Å². The van der Waals surface area contributed by atoms with Crippen LogP contribution in [-0.4, -0.2) is 29.6 Å². The number of hydrogen-bond donors (Lipinski definition) is 1. The average molecular weight is 238 g/mol. The maximum Gasteiger partial charge on any atom is 0.306 e. The van der Waals surface area contributed by atoms with Crippen LogP contribution in [0.1, 0.15) is 32.1 Å². The number of aliphatic hydroxyl groups excluding tert-OH is 1. The molecule has 0 amide bonds. The first-order valence-corrected chi connectivity index (χ1v) is 6.20. The Bertz CT molecular complexity index is 323. The van der Waals surface area contributed by atoms with Gasteiger partial charge in [-0.05, 0) is 19.3 Å². The van der Waals surface area contributed by atoms with Gasteiger partial charge in [-0.25, -0.2) is 0 Å². The van der Waals surface area contributed by atoms with Gasteiger partial charge in [-0.3, -0.25) is 4.79 Å². The number of carbonyl (C=O) groups is 2. The molecule has 1 N–H and O–H groups in total. The van der Waals surface area contributed by atoms with Crippen LogP contribution in [0, 0.1) is 11.8 Å². The van der Waals surface area contributed by atoms with Gasteiger partial charge in [0, 0.05) is 24.7 Å². The number of allylic oxidation sites excluding steroid dienone is 2. The van der Waals surface area contributed by atoms with E-state index >= 15 is 0 Å². The summed E-state index contributed by atoms with van der Waals surface area (Å²) in [5.41, 5.74) is 0. The summed E-state index contributed by atoms with van der Waals surface area (Å²) in [5.74, 6) is -0.688. The van der Waals surface area contributed by atoms with E-state index in [9.17, 15) is 14.7 Å². The van der Waals surface area contributed by atoms with E-state index in [1.807, 2.05) is 12.2 Å². The van der Waals surface area contributed by atoms with Gasteiger partial charge in [-0.1, -0.05) is 12.2 Å². The largest absolute Gasteiger partial charge is 0.462 e. The van der Waals surface area contributed by atoms with E-state index in [0.29, 0.717) is 19.3 Å². The Balaban J connectivity index is 2.14. The first kappa shape index (κ1) is 12.3. The molecule has 0 aromatic heterocycles. The molecule has 1 saturated carbocycles. The fraction of sp³-hybridized carbons (Fsp3) is 0.692. The highest BCUT2D eigenvalue weighted by Crippen LogP contribution is 2.36. The third kappa shape index (κ3) is 2.75. The van der Waals surface area contributed by atoms with Crippen molar-refractivity contribution in [3.63, 3.8) is 0 Å². The molecule has 1 fully saturated rings. The SMILES string of the molecule is O=C[C@@H]1[C@H]2C/C=C\CCCC(=O)O[C@H]2C[C@H]1O. The van der Waals surface area contributed by atoms with Gasteiger partial charge in [0.2, 0.25) is 0 Å². The maximum absolute atomic E-state index is 11.5. The number of rotatable bonds is 1. The van der Waals surface area contributed by atoms with Crippen molar-refractivity contribution >= 4 is 12.3 Å². The topological polar surface area (TPSA) is 63.6 Å². The van der Waals surface area contributed by atoms with Crippen LogP contribution in [0.15, 0.2) is 12.2 Å². The number of ether oxygens (including phenoxy) is 1. The maximum atomic E-state index is 11.5. The van der Waals surface area contributed by atoms with E-state index in [-0.39, 0.29) is 18.0 Å². The molecule has 0 aromatic carbocycles. The fourth-order valence-corrected chi connectivity index (χ4v) is 2.70. The van der Waals surface area contributed by atoms with Crippen molar-refractivity contribution in [2.75, 3.05) is 0 Å². The molecule has 1 aliphatic carbocycles. The van der Waals surface area contributed by atoms with Gasteiger partial charge in [0.25, 0.3) is 0 Å². The Hall–Kier alpha value is -1.16. The van der Waals surface area contributed by atoms with E-state index in [0.717, 1.165) is 19.1 Å². The molecule has 2 aliphatic rings. The number of fused-ring (bicyclic) bond motifs is 1. The predicted octanol–water partition coefficient (Wildman–Crippen LogP) is 1.22. The second-order valence-corrected chi connectivity index (χ2v) is 4.81. The third-order valence-electron chi connectivity index (χ3n) is 3.66. The van der Waals surface area contributed by atoms with Crippen molar-refractivity contribution in [1.29, 1.82) is 0 Å². The van der Waals surface area contributed by atoms with E-state index in [2.05, 4.69) is 0 Å². The van der Waals surface area contributed by atoms with Crippen LogP contribution in [0.5, 0.6) is 0 Å². The lowest BCUT2D eigenvalue weighted by Gasteiger charge is -2.21. The van der Waals surface area contributed by atoms with Crippen molar-refractivity contribution < 1.29 is 19.4 Å². The number of hydrogen-bond acceptors (Lipinski definition) is 4. The number of carbonyl (C=O) groups excluding carboxylic acids is 2. The first-order chi connectivity index (χ1) is 8.22. The molecular formula is C13H18O4. The minimum Gasteiger partial charge on any atom is -0.462 e. The van der Waals surface area contributed by atoms with Crippen LogP contribution < -0.4 is 0 Å². The highest BCUT2D eigenvalue weighted by atomic mass is 16.5. The van der Waals surface area contributed by atoms with E-state index in [1.54, 1.807) is 0 Å². The van der Waals surface area contributed by atoms with Gasteiger partial charge in [-0.15, -0.1) is 0 Å². The van der Waals surface area contributed by atoms with E-state index in [4.69, 9.17) is 4.74 Å². The second kappa shape index (κ2) is 5.45. The van der Waals surface area contributed by atoms with Crippen LogP contribution in [0.2, 0.25) is 0 Å². The minimum absolute atomic E-state index is 0.0687. The van der Waals surface area contributed by atoms with Crippen LogP contribution in [-0.2, 0) is 14.3 Å². The Morgan fingerprint density at radius 1 is 1.41 bits per heavy atom. The van der Waals surface area contributed by atoms with Gasteiger partial charge in [0.05, 0.1) is 6.10 Å². The minimum atomic E-state index is -0.676. The standard InChI is InChI=1S/C13H18O4/c14-8-10-9-5-3-1-2-4-6-13(16)17-12(9)7-11(10)15/h1,3,8-12,15H,2,4-7H2/b3-1-/t9-,10-,11-,12+/m1/s1. The van der Waals surface area contributed by atoms with Crippen molar-refractivity contribution in [2.24, 2.45) is 11.8 Å². The van der Waals surface area contributed by atoms with Gasteiger partial charge in [0.1, 0.15) is 12.4 Å². The summed E-state index contributed by atoms with van der Waals surface area (Å²) in [4.78, 5) is 22.5. The highest BCUT2D eigenvalue weighted by molar-refractivity contribution is 5.69. The lowest BCUT2D eigenvalue weighted by molar-refractivity contribution is -0.151. The number of aliphatic hydroxyl groups is 1. The molecule has 1 heterocycles. The van der Waals surface area contributed by atoms with Crippen molar-refractivity contribution in [3.05, 3.63) is 12.2 Å². The van der Waals surface area contributed by atoms with E-state index in [1.165, 1.54) is 0 Å². The molecule has 1 aliphatic heterocycles. The first-order valence-electron chi connectivity index (χ1n) is 6.20. The summed E-state index contributed by atoms with van der Waals surface area (Å²) >= 11 is 0. The van der Waals surface area contributed by atoms with Crippen LogP contribution in [0.25, 0.3) is 0 Å². The summed E-state index contributed by atoms with van der Waals surface area (Å²) in [5, 5.41) is 9.78. The Morgan fingerprint density at radius 3 is 3.00 bits per heavy atom. The van der Waals surface area contributed by atoms with Crippen molar-refractivity contribution in [1.82, 2.24) is 0 Å². The molecular weight excluding hydrogens is 220 g/mol. The third-order valence-corrected chi connectivity index (χ3v) is 3.66. The molecule has 0 spiro atoms. The lowest BCUT2D eigenvalue weighted by Crippen LogP contribution is -2.26. The zero-order chi connectivity index (χ0) is 12.3. The Labute approximate surface area is 101 Å². The summed E-state index contributed by atoms with van der Waals surface area (Å²) in [6.07, 6.45) is 7.03. The molecule has 4 atom stereocenters. The summed E-state index contributed by atoms with van der Waals surface area (Å²) in [6, 6.07) is 0. The fourth-order valence-electron chi connectivity index (χ4n) is 2.70. The summed E-state index contributed by atoms with van der Waals surface area (Å²) < 4.78 is 5.36.